The average Bonchev–Trinajstić information content (AvgIpc) is 2.93. The molecule has 0 saturated heterocycles. The molecule has 1 amide bonds. The number of carbonyl (C=O) groups is 2. The predicted molar refractivity (Wildman–Crippen MR) is 166 cm³/mol. The third kappa shape index (κ3) is 9.28. The molecule has 0 aromatic heterocycles. The standard InChI is InChI=1S/C32H46N6O3/c1-23(30(34)35)19-28(33)27-10-4-5-11-29(27)41-21-24-12-14-25(15-13-24)36-20-26(9-6-7-18-38(2)3)37-31(40)32(22-39)16-8-17-32/h4-5,10-15,19,22,26,36H,6-9,16-18,20-21,33-35H2,1-3H3,(H,37,40)/b28-19-. The number of aldehydes is 1. The molecule has 0 bridgehead atoms. The lowest BCUT2D eigenvalue weighted by Crippen LogP contribution is -2.51. The van der Waals surface area contributed by atoms with Crippen LogP contribution in [0.5, 0.6) is 5.75 Å². The summed E-state index contributed by atoms with van der Waals surface area (Å²) in [5, 5.41) is 6.61. The van der Waals surface area contributed by atoms with Gasteiger partial charge in [0.1, 0.15) is 24.1 Å². The number of hydrogen-bond acceptors (Lipinski definition) is 8. The summed E-state index contributed by atoms with van der Waals surface area (Å²) in [6.45, 7) is 3.76. The molecule has 2 aromatic rings. The minimum absolute atomic E-state index is 0.0618. The molecule has 1 saturated carbocycles. The van der Waals surface area contributed by atoms with Crippen LogP contribution in [0.15, 0.2) is 66.0 Å². The molecule has 222 valence electrons. The van der Waals surface area contributed by atoms with Gasteiger partial charge in [0.25, 0.3) is 0 Å². The summed E-state index contributed by atoms with van der Waals surface area (Å²) in [4.78, 5) is 26.7. The van der Waals surface area contributed by atoms with Gasteiger partial charge >= 0.3 is 0 Å². The Bertz CT molecular complexity index is 1210. The molecule has 3 rings (SSSR count). The van der Waals surface area contributed by atoms with Crippen LogP contribution in [0.3, 0.4) is 0 Å². The summed E-state index contributed by atoms with van der Waals surface area (Å²) in [5.41, 5.74) is 20.7. The average molecular weight is 563 g/mol. The summed E-state index contributed by atoms with van der Waals surface area (Å²) in [6, 6.07) is 15.5. The fraction of sp³-hybridized carbons (Fsp3) is 0.438. The highest BCUT2D eigenvalue weighted by Gasteiger charge is 2.44. The van der Waals surface area contributed by atoms with E-state index in [0.29, 0.717) is 43.0 Å². The van der Waals surface area contributed by atoms with Crippen molar-refractivity contribution >= 4 is 23.6 Å². The summed E-state index contributed by atoms with van der Waals surface area (Å²) in [5.74, 6) is 0.750. The number of rotatable bonds is 16. The molecule has 0 aliphatic heterocycles. The maximum atomic E-state index is 12.9. The van der Waals surface area contributed by atoms with Crippen LogP contribution in [0.4, 0.5) is 5.69 Å². The molecule has 0 radical (unpaired) electrons. The number of para-hydroxylation sites is 1. The maximum Gasteiger partial charge on any atom is 0.233 e. The molecule has 0 heterocycles. The van der Waals surface area contributed by atoms with E-state index in [2.05, 4.69) is 29.6 Å². The molecule has 1 unspecified atom stereocenters. The van der Waals surface area contributed by atoms with E-state index in [1.807, 2.05) is 48.5 Å². The third-order valence-electron chi connectivity index (χ3n) is 7.59. The van der Waals surface area contributed by atoms with Gasteiger partial charge in [-0.2, -0.15) is 0 Å². The van der Waals surface area contributed by atoms with Gasteiger partial charge in [-0.3, -0.25) is 4.79 Å². The highest BCUT2D eigenvalue weighted by atomic mass is 16.5. The first-order valence-electron chi connectivity index (χ1n) is 14.3. The van der Waals surface area contributed by atoms with Crippen LogP contribution in [-0.4, -0.2) is 50.3 Å². The van der Waals surface area contributed by atoms with E-state index in [1.165, 1.54) is 0 Å². The normalized spacial score (nSPS) is 15.0. The molecule has 9 nitrogen and oxygen atoms in total. The van der Waals surface area contributed by atoms with E-state index >= 15 is 0 Å². The summed E-state index contributed by atoms with van der Waals surface area (Å²) < 4.78 is 6.10. The van der Waals surface area contributed by atoms with Crippen molar-refractivity contribution in [3.8, 4) is 5.75 Å². The summed E-state index contributed by atoms with van der Waals surface area (Å²) in [7, 11) is 4.12. The molecule has 1 aliphatic carbocycles. The number of benzene rings is 2. The zero-order valence-corrected chi connectivity index (χ0v) is 24.6. The smallest absolute Gasteiger partial charge is 0.233 e. The molecular weight excluding hydrogens is 516 g/mol. The molecule has 1 aliphatic rings. The minimum Gasteiger partial charge on any atom is -0.488 e. The van der Waals surface area contributed by atoms with E-state index in [4.69, 9.17) is 21.9 Å². The molecule has 8 N–H and O–H groups in total. The molecule has 1 atom stereocenters. The van der Waals surface area contributed by atoms with Gasteiger partial charge in [0.05, 0.1) is 5.82 Å². The topological polar surface area (TPSA) is 149 Å². The van der Waals surface area contributed by atoms with Crippen LogP contribution in [-0.2, 0) is 16.2 Å². The first-order valence-corrected chi connectivity index (χ1v) is 14.3. The van der Waals surface area contributed by atoms with E-state index in [-0.39, 0.29) is 17.8 Å². The zero-order valence-electron chi connectivity index (χ0n) is 24.6. The van der Waals surface area contributed by atoms with E-state index in [9.17, 15) is 9.59 Å². The van der Waals surface area contributed by atoms with E-state index in [0.717, 1.165) is 55.3 Å². The lowest BCUT2D eigenvalue weighted by atomic mass is 9.69. The fourth-order valence-electron chi connectivity index (χ4n) is 4.68. The first-order chi connectivity index (χ1) is 19.6. The van der Waals surface area contributed by atoms with Gasteiger partial charge in [-0.15, -0.1) is 0 Å². The Morgan fingerprint density at radius 1 is 1.07 bits per heavy atom. The maximum absolute atomic E-state index is 12.9. The van der Waals surface area contributed by atoms with Crippen LogP contribution in [0, 0.1) is 5.41 Å². The third-order valence-corrected chi connectivity index (χ3v) is 7.59. The number of ether oxygens (including phenoxy) is 1. The van der Waals surface area contributed by atoms with Crippen molar-refractivity contribution in [3.05, 3.63) is 77.1 Å². The number of nitrogens with two attached hydrogens (primary N) is 3. The van der Waals surface area contributed by atoms with Crippen molar-refractivity contribution in [2.75, 3.05) is 32.5 Å². The van der Waals surface area contributed by atoms with Crippen LogP contribution < -0.4 is 32.6 Å². The SMILES string of the molecule is CC(/C=C(\N)c1ccccc1OCc1ccc(NCC(CCCCN(C)C)NC(=O)C2(C=O)CCC2)cc1)=C(N)N. The van der Waals surface area contributed by atoms with Crippen LogP contribution in [0.1, 0.15) is 56.6 Å². The van der Waals surface area contributed by atoms with Gasteiger partial charge in [-0.05, 0) is 94.7 Å². The van der Waals surface area contributed by atoms with Gasteiger partial charge in [0.15, 0.2) is 0 Å². The zero-order chi connectivity index (χ0) is 29.8. The quantitative estimate of drug-likeness (QED) is 0.0900. The number of allylic oxidation sites excluding steroid dienone is 2. The molecule has 1 fully saturated rings. The number of nitrogens with one attached hydrogen (secondary N) is 2. The van der Waals surface area contributed by atoms with Crippen molar-refractivity contribution < 1.29 is 14.3 Å². The molecule has 9 heteroatoms. The lowest BCUT2D eigenvalue weighted by Gasteiger charge is -2.36. The summed E-state index contributed by atoms with van der Waals surface area (Å²) in [6.07, 6.45) is 7.65. The van der Waals surface area contributed by atoms with E-state index in [1.54, 1.807) is 13.0 Å². The van der Waals surface area contributed by atoms with Crippen LogP contribution in [0.2, 0.25) is 0 Å². The Labute approximate surface area is 244 Å². The predicted octanol–water partition coefficient (Wildman–Crippen LogP) is 3.71. The van der Waals surface area contributed by atoms with Crippen molar-refractivity contribution in [2.24, 2.45) is 22.6 Å². The van der Waals surface area contributed by atoms with Crippen molar-refractivity contribution in [2.45, 2.75) is 58.1 Å². The van der Waals surface area contributed by atoms with Crippen molar-refractivity contribution in [1.29, 1.82) is 0 Å². The van der Waals surface area contributed by atoms with Crippen molar-refractivity contribution in [3.63, 3.8) is 0 Å². The number of amides is 1. The second-order valence-electron chi connectivity index (χ2n) is 11.2. The van der Waals surface area contributed by atoms with Crippen molar-refractivity contribution in [1.82, 2.24) is 10.2 Å². The number of nitrogens with zero attached hydrogens (tertiary/aromatic N) is 1. The van der Waals surface area contributed by atoms with Gasteiger partial charge in [0, 0.05) is 29.5 Å². The second kappa shape index (κ2) is 15.1. The number of anilines is 1. The lowest BCUT2D eigenvalue weighted by molar-refractivity contribution is -0.142. The highest BCUT2D eigenvalue weighted by molar-refractivity contribution is 5.97. The highest BCUT2D eigenvalue weighted by Crippen LogP contribution is 2.39. The monoisotopic (exact) mass is 562 g/mol. The second-order valence-corrected chi connectivity index (χ2v) is 11.2. The largest absolute Gasteiger partial charge is 0.488 e. The van der Waals surface area contributed by atoms with Crippen LogP contribution in [0.25, 0.3) is 5.70 Å². The van der Waals surface area contributed by atoms with Gasteiger partial charge < -0.3 is 42.3 Å². The Hall–Kier alpha value is -3.98. The summed E-state index contributed by atoms with van der Waals surface area (Å²) >= 11 is 0. The Morgan fingerprint density at radius 2 is 1.78 bits per heavy atom. The number of unbranched alkanes of at least 4 members (excludes halogenated alkanes) is 1. The number of carbonyl (C=O) groups excluding carboxylic acids is 2. The fourth-order valence-corrected chi connectivity index (χ4v) is 4.68. The van der Waals surface area contributed by atoms with Gasteiger partial charge in [0.2, 0.25) is 5.91 Å². The Kier molecular flexibility index (Phi) is 11.6. The minimum atomic E-state index is -0.837. The van der Waals surface area contributed by atoms with Gasteiger partial charge in [-0.25, -0.2) is 0 Å². The molecular formula is C32H46N6O3. The Morgan fingerprint density at radius 3 is 2.39 bits per heavy atom. The number of hydrogen-bond donors (Lipinski definition) is 5. The van der Waals surface area contributed by atoms with Crippen LogP contribution >= 0.6 is 0 Å². The molecule has 0 spiro atoms. The first kappa shape index (κ1) is 31.5. The molecule has 41 heavy (non-hydrogen) atoms. The van der Waals surface area contributed by atoms with E-state index < -0.39 is 5.41 Å². The molecule has 2 aromatic carbocycles. The van der Waals surface area contributed by atoms with Gasteiger partial charge in [-0.1, -0.05) is 37.1 Å². The Balaban J connectivity index is 1.58.